The maximum absolute atomic E-state index is 8.09. The van der Waals surface area contributed by atoms with Crippen molar-refractivity contribution in [1.29, 1.82) is 0 Å². The highest BCUT2D eigenvalue weighted by atomic mass is 16.5. The Kier molecular flexibility index (Phi) is 6.21. The van der Waals surface area contributed by atoms with Gasteiger partial charge in [0.1, 0.15) is 0 Å². The van der Waals surface area contributed by atoms with Crippen molar-refractivity contribution in [3.63, 3.8) is 0 Å². The summed E-state index contributed by atoms with van der Waals surface area (Å²) in [7, 11) is 0. The predicted molar refractivity (Wildman–Crippen MR) is 61.3 cm³/mol. The van der Waals surface area contributed by atoms with Crippen LogP contribution in [0.4, 0.5) is 0 Å². The Morgan fingerprint density at radius 1 is 0.941 bits per heavy atom. The summed E-state index contributed by atoms with van der Waals surface area (Å²) in [5, 5.41) is 6.87. The molecular weight excluding hydrogens is 224 g/mol. The van der Waals surface area contributed by atoms with Gasteiger partial charge in [-0.25, -0.2) is 0 Å². The van der Waals surface area contributed by atoms with Crippen molar-refractivity contribution in [3.8, 4) is 0 Å². The first-order valence-electron chi connectivity index (χ1n) is 5.50. The normalized spacial score (nSPS) is 20.0. The molecular formula is C9H16N6O2. The standard InChI is InChI=1S/C5H8N6O.C4H8O/c6-10-8-1-5(2-9-11-7)3-12-4-5;1-2-4-5-3-1/h1-4H2;1-4H2. The maximum Gasteiger partial charge on any atom is 0.0547 e. The average molecular weight is 240 g/mol. The summed E-state index contributed by atoms with van der Waals surface area (Å²) >= 11 is 0. The lowest BCUT2D eigenvalue weighted by molar-refractivity contribution is -0.100. The summed E-state index contributed by atoms with van der Waals surface area (Å²) in [4.78, 5) is 5.29. The molecule has 0 aromatic rings. The number of ether oxygens (including phenoxy) is 2. The van der Waals surface area contributed by atoms with Crippen molar-refractivity contribution in [2.75, 3.05) is 39.5 Å². The van der Waals surface area contributed by atoms with Crippen LogP contribution in [0.1, 0.15) is 12.8 Å². The third kappa shape index (κ3) is 4.93. The van der Waals surface area contributed by atoms with E-state index in [1.165, 1.54) is 12.8 Å². The Labute approximate surface area is 99.1 Å². The van der Waals surface area contributed by atoms with E-state index in [1.807, 2.05) is 0 Å². The first-order chi connectivity index (χ1) is 8.33. The first kappa shape index (κ1) is 13.6. The molecule has 2 rings (SSSR count). The van der Waals surface area contributed by atoms with Crippen LogP contribution in [0.2, 0.25) is 0 Å². The molecule has 0 aliphatic carbocycles. The highest BCUT2D eigenvalue weighted by Gasteiger charge is 2.37. The Morgan fingerprint density at radius 3 is 1.71 bits per heavy atom. The van der Waals surface area contributed by atoms with Crippen LogP contribution < -0.4 is 0 Å². The zero-order valence-electron chi connectivity index (χ0n) is 9.66. The lowest BCUT2D eigenvalue weighted by atomic mass is 9.86. The van der Waals surface area contributed by atoms with Gasteiger partial charge in [0.2, 0.25) is 0 Å². The number of rotatable bonds is 4. The third-order valence-electron chi connectivity index (χ3n) is 2.58. The van der Waals surface area contributed by atoms with Gasteiger partial charge in [-0.2, -0.15) is 0 Å². The fraction of sp³-hybridized carbons (Fsp3) is 1.00. The van der Waals surface area contributed by atoms with Crippen LogP contribution in [0.5, 0.6) is 0 Å². The number of hydrogen-bond acceptors (Lipinski definition) is 4. The Balaban J connectivity index is 0.000000239. The summed E-state index contributed by atoms with van der Waals surface area (Å²) in [5.74, 6) is 0. The molecule has 17 heavy (non-hydrogen) atoms. The fourth-order valence-corrected chi connectivity index (χ4v) is 1.50. The molecule has 0 spiro atoms. The van der Waals surface area contributed by atoms with Crippen LogP contribution >= 0.6 is 0 Å². The summed E-state index contributed by atoms with van der Waals surface area (Å²) in [6, 6.07) is 0. The van der Waals surface area contributed by atoms with E-state index >= 15 is 0 Å². The van der Waals surface area contributed by atoms with Crippen LogP contribution in [-0.2, 0) is 9.47 Å². The van der Waals surface area contributed by atoms with Crippen molar-refractivity contribution in [2.45, 2.75) is 12.8 Å². The van der Waals surface area contributed by atoms with Crippen LogP contribution in [-0.4, -0.2) is 39.5 Å². The van der Waals surface area contributed by atoms with Crippen molar-refractivity contribution < 1.29 is 9.47 Å². The van der Waals surface area contributed by atoms with E-state index in [4.69, 9.17) is 20.5 Å². The molecule has 0 N–H and O–H groups in total. The van der Waals surface area contributed by atoms with Crippen LogP contribution in [0, 0.1) is 5.41 Å². The summed E-state index contributed by atoms with van der Waals surface area (Å²) in [5.41, 5.74) is 15.9. The lowest BCUT2D eigenvalue weighted by Crippen LogP contribution is -2.47. The van der Waals surface area contributed by atoms with E-state index in [2.05, 4.69) is 20.1 Å². The molecule has 2 saturated heterocycles. The lowest BCUT2D eigenvalue weighted by Gasteiger charge is -2.39. The Bertz CT molecular complexity index is 284. The molecule has 0 saturated carbocycles. The van der Waals surface area contributed by atoms with Gasteiger partial charge in [0.25, 0.3) is 0 Å². The molecule has 8 nitrogen and oxygen atoms in total. The molecule has 0 aromatic carbocycles. The molecule has 2 aliphatic heterocycles. The molecule has 2 aliphatic rings. The highest BCUT2D eigenvalue weighted by molar-refractivity contribution is 4.89. The minimum absolute atomic E-state index is 0.238. The summed E-state index contributed by atoms with van der Waals surface area (Å²) in [6.07, 6.45) is 2.56. The van der Waals surface area contributed by atoms with E-state index < -0.39 is 0 Å². The summed E-state index contributed by atoms with van der Waals surface area (Å²) in [6.45, 7) is 3.68. The van der Waals surface area contributed by atoms with E-state index in [0.717, 1.165) is 13.2 Å². The molecule has 8 heteroatoms. The molecule has 2 fully saturated rings. The number of hydrogen-bond donors (Lipinski definition) is 0. The van der Waals surface area contributed by atoms with Crippen molar-refractivity contribution in [3.05, 3.63) is 20.9 Å². The summed E-state index contributed by atoms with van der Waals surface area (Å²) < 4.78 is 9.91. The molecule has 0 atom stereocenters. The molecule has 94 valence electrons. The predicted octanol–water partition coefficient (Wildman–Crippen LogP) is 2.42. The van der Waals surface area contributed by atoms with Crippen LogP contribution in [0.3, 0.4) is 0 Å². The molecule has 0 amide bonds. The van der Waals surface area contributed by atoms with E-state index in [-0.39, 0.29) is 5.41 Å². The first-order valence-corrected chi connectivity index (χ1v) is 5.50. The van der Waals surface area contributed by atoms with Gasteiger partial charge in [-0.15, -0.1) is 0 Å². The smallest absolute Gasteiger partial charge is 0.0547 e. The molecule has 0 bridgehead atoms. The number of nitrogens with zero attached hydrogens (tertiary/aromatic N) is 6. The van der Waals surface area contributed by atoms with E-state index in [9.17, 15) is 0 Å². The van der Waals surface area contributed by atoms with Crippen molar-refractivity contribution >= 4 is 0 Å². The van der Waals surface area contributed by atoms with Crippen molar-refractivity contribution in [1.82, 2.24) is 0 Å². The van der Waals surface area contributed by atoms with E-state index in [0.29, 0.717) is 26.3 Å². The second-order valence-corrected chi connectivity index (χ2v) is 4.09. The van der Waals surface area contributed by atoms with Crippen LogP contribution in [0.25, 0.3) is 20.9 Å². The topological polar surface area (TPSA) is 116 Å². The largest absolute Gasteiger partial charge is 0.381 e. The minimum atomic E-state index is -0.238. The van der Waals surface area contributed by atoms with Gasteiger partial charge in [-0.1, -0.05) is 10.2 Å². The molecule has 2 heterocycles. The second-order valence-electron chi connectivity index (χ2n) is 4.09. The second kappa shape index (κ2) is 7.76. The zero-order chi connectivity index (χ0) is 12.4. The van der Waals surface area contributed by atoms with Gasteiger partial charge in [-0.3, -0.25) is 0 Å². The van der Waals surface area contributed by atoms with Crippen molar-refractivity contribution in [2.24, 2.45) is 15.6 Å². The highest BCUT2D eigenvalue weighted by Crippen LogP contribution is 2.28. The maximum atomic E-state index is 8.09. The van der Waals surface area contributed by atoms with Gasteiger partial charge < -0.3 is 9.47 Å². The quantitative estimate of drug-likeness (QED) is 0.426. The Morgan fingerprint density at radius 2 is 1.47 bits per heavy atom. The Hall–Kier alpha value is -1.46. The SMILES string of the molecule is C1CCOC1.[N-]=[N+]=NCC1(CN=[N+]=[N-])COC1. The van der Waals surface area contributed by atoms with Gasteiger partial charge in [0.15, 0.2) is 0 Å². The number of azide groups is 2. The van der Waals surface area contributed by atoms with Gasteiger partial charge in [0.05, 0.1) is 13.2 Å². The van der Waals surface area contributed by atoms with Gasteiger partial charge in [-0.05, 0) is 23.9 Å². The zero-order valence-corrected chi connectivity index (χ0v) is 9.66. The fourth-order valence-electron chi connectivity index (χ4n) is 1.50. The monoisotopic (exact) mass is 240 g/mol. The van der Waals surface area contributed by atoms with E-state index in [1.54, 1.807) is 0 Å². The third-order valence-corrected chi connectivity index (χ3v) is 2.58. The average Bonchev–Trinajstić information content (AvgIpc) is 2.86. The minimum Gasteiger partial charge on any atom is -0.381 e. The van der Waals surface area contributed by atoms with Crippen LogP contribution in [0.15, 0.2) is 10.2 Å². The molecule has 0 radical (unpaired) electrons. The van der Waals surface area contributed by atoms with Gasteiger partial charge in [0, 0.05) is 41.5 Å². The molecule has 0 unspecified atom stereocenters. The van der Waals surface area contributed by atoms with Gasteiger partial charge >= 0.3 is 0 Å². The molecule has 0 aromatic heterocycles.